The first-order chi connectivity index (χ1) is 12.8. The molecule has 0 aliphatic heterocycles. The Kier molecular flexibility index (Phi) is 6.34. The third-order valence-electron chi connectivity index (χ3n) is 3.79. The Morgan fingerprint density at radius 1 is 0.923 bits per heavy atom. The average molecular weight is 347 g/mol. The predicted octanol–water partition coefficient (Wildman–Crippen LogP) is 3.43. The van der Waals surface area contributed by atoms with Gasteiger partial charge in [-0.25, -0.2) is 5.43 Å². The summed E-state index contributed by atoms with van der Waals surface area (Å²) in [5.41, 5.74) is 4.88. The number of nitrogens with one attached hydrogen (secondary N) is 1. The summed E-state index contributed by atoms with van der Waals surface area (Å²) < 4.78 is 5.14. The molecule has 0 bridgehead atoms. The fourth-order valence-corrected chi connectivity index (χ4v) is 2.62. The number of benzene rings is 2. The van der Waals surface area contributed by atoms with E-state index in [4.69, 9.17) is 4.42 Å². The van der Waals surface area contributed by atoms with E-state index in [9.17, 15) is 4.79 Å². The molecule has 0 saturated heterocycles. The van der Waals surface area contributed by atoms with Crippen LogP contribution >= 0.6 is 0 Å². The maximum Gasteiger partial charge on any atom is 0.254 e. The second-order valence-corrected chi connectivity index (χ2v) is 5.92. The largest absolute Gasteiger partial charge is 0.463 e. The van der Waals surface area contributed by atoms with Crippen LogP contribution in [-0.2, 0) is 17.9 Å². The summed E-state index contributed by atoms with van der Waals surface area (Å²) in [6.45, 7) is 1.62. The van der Waals surface area contributed by atoms with Crippen LogP contribution in [-0.4, -0.2) is 23.6 Å². The Morgan fingerprint density at radius 2 is 1.54 bits per heavy atom. The molecule has 0 spiro atoms. The number of furan rings is 1. The van der Waals surface area contributed by atoms with E-state index < -0.39 is 0 Å². The van der Waals surface area contributed by atoms with Gasteiger partial charge in [0, 0.05) is 13.1 Å². The number of rotatable bonds is 8. The molecule has 1 heterocycles. The van der Waals surface area contributed by atoms with E-state index in [0.29, 0.717) is 18.8 Å². The number of hydrogen-bond acceptors (Lipinski definition) is 4. The van der Waals surface area contributed by atoms with Gasteiger partial charge in [-0.05, 0) is 23.3 Å². The van der Waals surface area contributed by atoms with Crippen molar-refractivity contribution >= 4 is 12.1 Å². The lowest BCUT2D eigenvalue weighted by Gasteiger charge is -2.21. The van der Waals surface area contributed by atoms with E-state index in [0.717, 1.165) is 11.1 Å². The highest BCUT2D eigenvalue weighted by Crippen LogP contribution is 2.09. The van der Waals surface area contributed by atoms with Gasteiger partial charge in [-0.1, -0.05) is 60.7 Å². The summed E-state index contributed by atoms with van der Waals surface area (Å²) in [5, 5.41) is 3.94. The van der Waals surface area contributed by atoms with Crippen LogP contribution < -0.4 is 5.43 Å². The van der Waals surface area contributed by atoms with E-state index in [2.05, 4.69) is 39.7 Å². The molecule has 1 amide bonds. The molecule has 0 aliphatic carbocycles. The highest BCUT2D eigenvalue weighted by Gasteiger charge is 2.12. The van der Waals surface area contributed by atoms with E-state index >= 15 is 0 Å². The van der Waals surface area contributed by atoms with Crippen molar-refractivity contribution in [2.24, 2.45) is 5.10 Å². The highest BCUT2D eigenvalue weighted by molar-refractivity contribution is 5.81. The van der Waals surface area contributed by atoms with Crippen molar-refractivity contribution in [1.29, 1.82) is 0 Å². The number of carbonyl (C=O) groups is 1. The predicted molar refractivity (Wildman–Crippen MR) is 101 cm³/mol. The van der Waals surface area contributed by atoms with Crippen LogP contribution in [0.4, 0.5) is 0 Å². The lowest BCUT2D eigenvalue weighted by Crippen LogP contribution is -2.34. The van der Waals surface area contributed by atoms with Gasteiger partial charge in [0.2, 0.25) is 0 Å². The molecule has 1 aromatic heterocycles. The second-order valence-electron chi connectivity index (χ2n) is 5.92. The Balaban J connectivity index is 1.61. The Labute approximate surface area is 153 Å². The van der Waals surface area contributed by atoms with Gasteiger partial charge in [0.15, 0.2) is 0 Å². The molecule has 1 N–H and O–H groups in total. The van der Waals surface area contributed by atoms with E-state index in [1.165, 1.54) is 6.21 Å². The van der Waals surface area contributed by atoms with Crippen molar-refractivity contribution in [3.63, 3.8) is 0 Å². The zero-order chi connectivity index (χ0) is 18.0. The summed E-state index contributed by atoms with van der Waals surface area (Å²) >= 11 is 0. The first-order valence-electron chi connectivity index (χ1n) is 8.45. The van der Waals surface area contributed by atoms with Crippen molar-refractivity contribution in [1.82, 2.24) is 10.3 Å². The van der Waals surface area contributed by atoms with Crippen LogP contribution in [0, 0.1) is 0 Å². The van der Waals surface area contributed by atoms with Gasteiger partial charge in [0.1, 0.15) is 5.76 Å². The zero-order valence-electron chi connectivity index (χ0n) is 14.4. The van der Waals surface area contributed by atoms with Gasteiger partial charge in [-0.2, -0.15) is 5.10 Å². The molecule has 0 saturated carbocycles. The Morgan fingerprint density at radius 3 is 2.08 bits per heavy atom. The van der Waals surface area contributed by atoms with E-state index in [1.54, 1.807) is 18.4 Å². The second kappa shape index (κ2) is 9.34. The van der Waals surface area contributed by atoms with Crippen LogP contribution in [0.5, 0.6) is 0 Å². The standard InChI is InChI=1S/C21H21N3O2/c25-21(23-22-14-20-12-7-13-26-20)17-24(15-18-8-3-1-4-9-18)16-19-10-5-2-6-11-19/h1-14H,15-17H2,(H,23,25)/b22-14-. The van der Waals surface area contributed by atoms with E-state index in [1.807, 2.05) is 36.4 Å². The van der Waals surface area contributed by atoms with Crippen molar-refractivity contribution in [2.75, 3.05) is 6.54 Å². The quantitative estimate of drug-likeness (QED) is 0.502. The number of nitrogens with zero attached hydrogens (tertiary/aromatic N) is 2. The molecule has 0 atom stereocenters. The molecule has 0 unspecified atom stereocenters. The van der Waals surface area contributed by atoms with E-state index in [-0.39, 0.29) is 12.5 Å². The fourth-order valence-electron chi connectivity index (χ4n) is 2.62. The molecular formula is C21H21N3O2. The van der Waals surface area contributed by atoms with Crippen LogP contribution in [0.3, 0.4) is 0 Å². The van der Waals surface area contributed by atoms with Crippen LogP contribution in [0.1, 0.15) is 16.9 Å². The van der Waals surface area contributed by atoms with Gasteiger partial charge in [0.25, 0.3) is 5.91 Å². The lowest BCUT2D eigenvalue weighted by molar-refractivity contribution is -0.122. The third-order valence-corrected chi connectivity index (χ3v) is 3.79. The van der Waals surface area contributed by atoms with Crippen LogP contribution in [0.2, 0.25) is 0 Å². The van der Waals surface area contributed by atoms with Crippen LogP contribution in [0.15, 0.2) is 88.6 Å². The number of carbonyl (C=O) groups excluding carboxylic acids is 1. The molecular weight excluding hydrogens is 326 g/mol. The summed E-state index contributed by atoms with van der Waals surface area (Å²) in [5.74, 6) is 0.426. The Hall–Kier alpha value is -3.18. The van der Waals surface area contributed by atoms with Crippen molar-refractivity contribution < 1.29 is 9.21 Å². The maximum absolute atomic E-state index is 12.3. The lowest BCUT2D eigenvalue weighted by atomic mass is 10.1. The summed E-state index contributed by atoms with van der Waals surface area (Å²) in [7, 11) is 0. The first kappa shape index (κ1) is 17.6. The van der Waals surface area contributed by atoms with Gasteiger partial charge in [-0.15, -0.1) is 0 Å². The SMILES string of the molecule is O=C(CN(Cc1ccccc1)Cc1ccccc1)N/N=C\c1ccco1. The van der Waals surface area contributed by atoms with Crippen molar-refractivity contribution in [3.8, 4) is 0 Å². The Bertz CT molecular complexity index is 773. The number of hydrazone groups is 1. The molecule has 2 aromatic carbocycles. The molecule has 132 valence electrons. The van der Waals surface area contributed by atoms with Gasteiger partial charge in [-0.3, -0.25) is 9.69 Å². The summed E-state index contributed by atoms with van der Waals surface area (Å²) in [4.78, 5) is 14.4. The van der Waals surface area contributed by atoms with Gasteiger partial charge in [0.05, 0.1) is 19.0 Å². The monoisotopic (exact) mass is 347 g/mol. The molecule has 5 nitrogen and oxygen atoms in total. The average Bonchev–Trinajstić information content (AvgIpc) is 3.17. The smallest absolute Gasteiger partial charge is 0.254 e. The summed E-state index contributed by atoms with van der Waals surface area (Å²) in [6.07, 6.45) is 3.04. The number of hydrogen-bond donors (Lipinski definition) is 1. The minimum absolute atomic E-state index is 0.167. The zero-order valence-corrected chi connectivity index (χ0v) is 14.4. The minimum atomic E-state index is -0.167. The fraction of sp³-hybridized carbons (Fsp3) is 0.143. The molecule has 3 rings (SSSR count). The molecule has 5 heteroatoms. The first-order valence-corrected chi connectivity index (χ1v) is 8.45. The van der Waals surface area contributed by atoms with Gasteiger partial charge < -0.3 is 4.42 Å². The highest BCUT2D eigenvalue weighted by atomic mass is 16.3. The molecule has 0 radical (unpaired) electrons. The molecule has 0 aliphatic rings. The molecule has 0 fully saturated rings. The topological polar surface area (TPSA) is 57.8 Å². The molecule has 26 heavy (non-hydrogen) atoms. The van der Waals surface area contributed by atoms with Crippen LogP contribution in [0.25, 0.3) is 0 Å². The normalized spacial score (nSPS) is 11.1. The van der Waals surface area contributed by atoms with Crippen molar-refractivity contribution in [2.45, 2.75) is 13.1 Å². The molecule has 3 aromatic rings. The van der Waals surface area contributed by atoms with Gasteiger partial charge >= 0.3 is 0 Å². The summed E-state index contributed by atoms with van der Waals surface area (Å²) in [6, 6.07) is 23.8. The number of amides is 1. The minimum Gasteiger partial charge on any atom is -0.463 e. The third kappa shape index (κ3) is 5.72. The van der Waals surface area contributed by atoms with Crippen molar-refractivity contribution in [3.05, 3.63) is 95.9 Å². The maximum atomic E-state index is 12.3.